The van der Waals surface area contributed by atoms with Crippen LogP contribution in [0.15, 0.2) is 42.5 Å². The summed E-state index contributed by atoms with van der Waals surface area (Å²) >= 11 is 5.70. The van der Waals surface area contributed by atoms with E-state index >= 15 is 0 Å². The maximum absolute atomic E-state index is 13.3. The van der Waals surface area contributed by atoms with Gasteiger partial charge >= 0.3 is 0 Å². The normalized spacial score (nSPS) is 16.8. The van der Waals surface area contributed by atoms with Crippen LogP contribution in [0, 0.1) is 11.6 Å². The van der Waals surface area contributed by atoms with Gasteiger partial charge < -0.3 is 10.2 Å². The topological polar surface area (TPSA) is 49.4 Å². The van der Waals surface area contributed by atoms with E-state index < -0.39 is 23.6 Å². The van der Waals surface area contributed by atoms with Crippen molar-refractivity contribution in [1.82, 2.24) is 4.90 Å². The lowest BCUT2D eigenvalue weighted by Gasteiger charge is -2.24. The highest BCUT2D eigenvalue weighted by Gasteiger charge is 2.34. The Morgan fingerprint density at radius 1 is 1.16 bits per heavy atom. The Morgan fingerprint density at radius 3 is 2.68 bits per heavy atom. The molecule has 7 heteroatoms. The molecule has 0 radical (unpaired) electrons. The van der Waals surface area contributed by atoms with Gasteiger partial charge in [-0.2, -0.15) is 0 Å². The average molecular weight is 365 g/mol. The molecule has 1 saturated heterocycles. The Kier molecular flexibility index (Phi) is 4.99. The molecule has 1 heterocycles. The zero-order chi connectivity index (χ0) is 18.0. The number of carbonyl (C=O) groups excluding carboxylic acids is 2. The second kappa shape index (κ2) is 7.19. The smallest absolute Gasteiger partial charge is 0.254 e. The molecule has 2 aromatic carbocycles. The quantitative estimate of drug-likeness (QED) is 0.899. The third-order valence-electron chi connectivity index (χ3n) is 4.08. The van der Waals surface area contributed by atoms with E-state index in [1.807, 2.05) is 0 Å². The molecule has 0 saturated carbocycles. The van der Waals surface area contributed by atoms with Gasteiger partial charge in [0.05, 0.1) is 5.02 Å². The highest BCUT2D eigenvalue weighted by molar-refractivity contribution is 6.31. The van der Waals surface area contributed by atoms with Gasteiger partial charge in [-0.25, -0.2) is 8.78 Å². The molecule has 1 N–H and O–H groups in total. The Morgan fingerprint density at radius 2 is 1.96 bits per heavy atom. The number of anilines is 1. The fourth-order valence-electron chi connectivity index (χ4n) is 2.87. The van der Waals surface area contributed by atoms with Gasteiger partial charge in [-0.3, -0.25) is 9.59 Å². The minimum absolute atomic E-state index is 0.100. The van der Waals surface area contributed by atoms with Crippen molar-refractivity contribution in [3.05, 3.63) is 64.7 Å². The summed E-state index contributed by atoms with van der Waals surface area (Å²) < 4.78 is 26.5. The van der Waals surface area contributed by atoms with Crippen LogP contribution in [-0.2, 0) is 4.79 Å². The standard InChI is InChI=1S/C18H15ClF2N2O2/c19-14-10-13(6-7-15(14)21)22-17(24)16-5-2-8-23(16)18(25)11-3-1-4-12(20)9-11/h1,3-4,6-7,9-10,16H,2,5,8H2,(H,22,24)/t16-/m0/s1. The van der Waals surface area contributed by atoms with Crippen molar-refractivity contribution >= 4 is 29.1 Å². The van der Waals surface area contributed by atoms with E-state index in [9.17, 15) is 18.4 Å². The summed E-state index contributed by atoms with van der Waals surface area (Å²) in [6, 6.07) is 8.56. The van der Waals surface area contributed by atoms with E-state index in [4.69, 9.17) is 11.6 Å². The summed E-state index contributed by atoms with van der Waals surface area (Å²) in [6.45, 7) is 0.414. The molecule has 4 nitrogen and oxygen atoms in total. The predicted octanol–water partition coefficient (Wildman–Crippen LogP) is 3.86. The minimum atomic E-state index is -0.667. The van der Waals surface area contributed by atoms with Crippen molar-refractivity contribution < 1.29 is 18.4 Å². The van der Waals surface area contributed by atoms with Crippen LogP contribution in [0.1, 0.15) is 23.2 Å². The van der Waals surface area contributed by atoms with Crippen molar-refractivity contribution in [2.75, 3.05) is 11.9 Å². The number of benzene rings is 2. The minimum Gasteiger partial charge on any atom is -0.327 e. The zero-order valence-electron chi connectivity index (χ0n) is 13.1. The van der Waals surface area contributed by atoms with Gasteiger partial charge in [0.25, 0.3) is 5.91 Å². The number of amides is 2. The van der Waals surface area contributed by atoms with Crippen molar-refractivity contribution in [2.45, 2.75) is 18.9 Å². The third-order valence-corrected chi connectivity index (χ3v) is 4.36. The van der Waals surface area contributed by atoms with Gasteiger partial charge in [0, 0.05) is 17.8 Å². The average Bonchev–Trinajstić information content (AvgIpc) is 3.07. The maximum Gasteiger partial charge on any atom is 0.254 e. The Labute approximate surface area is 148 Å². The number of nitrogens with one attached hydrogen (secondary N) is 1. The van der Waals surface area contributed by atoms with Gasteiger partial charge in [-0.15, -0.1) is 0 Å². The van der Waals surface area contributed by atoms with Gasteiger partial charge in [0.2, 0.25) is 5.91 Å². The van der Waals surface area contributed by atoms with Gasteiger partial charge in [0.1, 0.15) is 17.7 Å². The molecular weight excluding hydrogens is 350 g/mol. The molecule has 130 valence electrons. The van der Waals surface area contributed by atoms with Crippen LogP contribution in [-0.4, -0.2) is 29.3 Å². The summed E-state index contributed by atoms with van der Waals surface area (Å²) in [5.41, 5.74) is 0.547. The summed E-state index contributed by atoms with van der Waals surface area (Å²) in [7, 11) is 0. The van der Waals surface area contributed by atoms with E-state index in [2.05, 4.69) is 5.32 Å². The van der Waals surface area contributed by atoms with Gasteiger partial charge in [0.15, 0.2) is 0 Å². The van der Waals surface area contributed by atoms with E-state index in [1.54, 1.807) is 0 Å². The number of halogens is 3. The molecule has 25 heavy (non-hydrogen) atoms. The van der Waals surface area contributed by atoms with Crippen LogP contribution < -0.4 is 5.32 Å². The van der Waals surface area contributed by atoms with Gasteiger partial charge in [-0.1, -0.05) is 17.7 Å². The third kappa shape index (κ3) is 3.79. The maximum atomic E-state index is 13.3. The molecule has 3 rings (SSSR count). The van der Waals surface area contributed by atoms with E-state index in [0.717, 1.165) is 12.1 Å². The van der Waals surface area contributed by atoms with Gasteiger partial charge in [-0.05, 0) is 49.2 Å². The highest BCUT2D eigenvalue weighted by atomic mass is 35.5. The number of carbonyl (C=O) groups is 2. The van der Waals surface area contributed by atoms with Crippen molar-refractivity contribution in [1.29, 1.82) is 0 Å². The number of rotatable bonds is 3. The Bertz CT molecular complexity index is 828. The lowest BCUT2D eigenvalue weighted by atomic mass is 10.1. The highest BCUT2D eigenvalue weighted by Crippen LogP contribution is 2.24. The lowest BCUT2D eigenvalue weighted by Crippen LogP contribution is -2.43. The number of nitrogens with zero attached hydrogens (tertiary/aromatic N) is 1. The monoisotopic (exact) mass is 364 g/mol. The fraction of sp³-hybridized carbons (Fsp3) is 0.222. The molecule has 1 fully saturated rings. The van der Waals surface area contributed by atoms with Crippen LogP contribution >= 0.6 is 11.6 Å². The molecule has 0 spiro atoms. The van der Waals surface area contributed by atoms with Crippen LogP contribution in [0.2, 0.25) is 5.02 Å². The van der Waals surface area contributed by atoms with E-state index in [0.29, 0.717) is 25.1 Å². The molecule has 1 aliphatic rings. The van der Waals surface area contributed by atoms with Crippen LogP contribution in [0.4, 0.5) is 14.5 Å². The largest absolute Gasteiger partial charge is 0.327 e. The molecule has 0 bridgehead atoms. The molecule has 0 unspecified atom stereocenters. The van der Waals surface area contributed by atoms with Crippen molar-refractivity contribution in [3.63, 3.8) is 0 Å². The van der Waals surface area contributed by atoms with E-state index in [-0.39, 0.29) is 16.5 Å². The summed E-state index contributed by atoms with van der Waals surface area (Å²) in [5.74, 6) is -1.87. The number of hydrogen-bond donors (Lipinski definition) is 1. The molecule has 2 aromatic rings. The van der Waals surface area contributed by atoms with E-state index in [1.165, 1.54) is 35.2 Å². The summed E-state index contributed by atoms with van der Waals surface area (Å²) in [6.07, 6.45) is 1.17. The molecule has 0 aliphatic carbocycles. The summed E-state index contributed by atoms with van der Waals surface area (Å²) in [4.78, 5) is 26.5. The van der Waals surface area contributed by atoms with Crippen LogP contribution in [0.5, 0.6) is 0 Å². The molecule has 1 aliphatic heterocycles. The first-order valence-corrected chi connectivity index (χ1v) is 8.16. The molecule has 0 aromatic heterocycles. The second-order valence-corrected chi connectivity index (χ2v) is 6.19. The Balaban J connectivity index is 1.75. The first-order valence-electron chi connectivity index (χ1n) is 7.78. The van der Waals surface area contributed by atoms with Crippen molar-refractivity contribution in [2.24, 2.45) is 0 Å². The first kappa shape index (κ1) is 17.4. The Hall–Kier alpha value is -2.47. The number of hydrogen-bond acceptors (Lipinski definition) is 2. The second-order valence-electron chi connectivity index (χ2n) is 5.79. The SMILES string of the molecule is O=C(Nc1ccc(F)c(Cl)c1)[C@@H]1CCCN1C(=O)c1cccc(F)c1. The number of likely N-dealkylation sites (tertiary alicyclic amines) is 1. The molecule has 1 atom stereocenters. The molecular formula is C18H15ClF2N2O2. The predicted molar refractivity (Wildman–Crippen MR) is 90.5 cm³/mol. The molecule has 2 amide bonds. The zero-order valence-corrected chi connectivity index (χ0v) is 13.9. The summed E-state index contributed by atoms with van der Waals surface area (Å²) in [5, 5.41) is 2.54. The first-order chi connectivity index (χ1) is 12.0. The lowest BCUT2D eigenvalue weighted by molar-refractivity contribution is -0.119. The fourth-order valence-corrected chi connectivity index (χ4v) is 3.05. The van der Waals surface area contributed by atoms with Crippen molar-refractivity contribution in [3.8, 4) is 0 Å². The van der Waals surface area contributed by atoms with Crippen LogP contribution in [0.25, 0.3) is 0 Å². The van der Waals surface area contributed by atoms with Crippen LogP contribution in [0.3, 0.4) is 0 Å².